The largest absolute Gasteiger partial charge is 0.494 e. The minimum Gasteiger partial charge on any atom is -0.488 e. The molecule has 2 aliphatic heterocycles. The Morgan fingerprint density at radius 2 is 1.61 bits per heavy atom. The van der Waals surface area contributed by atoms with Crippen molar-refractivity contribution >= 4 is 18.5 Å². The molecule has 0 bridgehead atoms. The minimum atomic E-state index is -2.73. The molecular formula is C25H30BF2NO4. The van der Waals surface area contributed by atoms with Gasteiger partial charge in [0.15, 0.2) is 0 Å². The summed E-state index contributed by atoms with van der Waals surface area (Å²) in [6, 6.07) is 14.9. The van der Waals surface area contributed by atoms with Crippen LogP contribution in [0.25, 0.3) is 0 Å². The Morgan fingerprint density at radius 1 is 1.00 bits per heavy atom. The third-order valence-corrected chi connectivity index (χ3v) is 6.78. The van der Waals surface area contributed by atoms with E-state index in [0.29, 0.717) is 16.8 Å². The second-order valence-electron chi connectivity index (χ2n) is 9.77. The van der Waals surface area contributed by atoms with Crippen molar-refractivity contribution in [2.75, 3.05) is 13.1 Å². The highest BCUT2D eigenvalue weighted by atomic mass is 19.3. The molecule has 0 radical (unpaired) electrons. The normalized spacial score (nSPS) is 21.2. The summed E-state index contributed by atoms with van der Waals surface area (Å²) in [6.45, 7) is 8.15. The van der Waals surface area contributed by atoms with E-state index in [1.807, 2.05) is 64.1 Å². The van der Waals surface area contributed by atoms with Crippen LogP contribution in [0.4, 0.5) is 8.78 Å². The third kappa shape index (κ3) is 5.07. The molecule has 8 heteroatoms. The monoisotopic (exact) mass is 457 g/mol. The first kappa shape index (κ1) is 23.7. The van der Waals surface area contributed by atoms with Gasteiger partial charge in [0, 0.05) is 25.9 Å². The first-order valence-electron chi connectivity index (χ1n) is 11.3. The maximum atomic E-state index is 13.6. The van der Waals surface area contributed by atoms with E-state index >= 15 is 0 Å². The van der Waals surface area contributed by atoms with Crippen LogP contribution in [0.2, 0.25) is 0 Å². The van der Waals surface area contributed by atoms with Crippen LogP contribution in [0.1, 0.15) is 56.5 Å². The van der Waals surface area contributed by atoms with Crippen LogP contribution in [0.3, 0.4) is 0 Å². The molecule has 0 aromatic heterocycles. The van der Waals surface area contributed by atoms with Crippen molar-refractivity contribution in [2.45, 2.75) is 64.3 Å². The number of benzene rings is 2. The van der Waals surface area contributed by atoms with Crippen LogP contribution < -0.4 is 10.2 Å². The van der Waals surface area contributed by atoms with Crippen LogP contribution in [-0.2, 0) is 15.9 Å². The molecule has 33 heavy (non-hydrogen) atoms. The van der Waals surface area contributed by atoms with Gasteiger partial charge in [-0.1, -0.05) is 36.4 Å². The Labute approximate surface area is 194 Å². The number of carbonyl (C=O) groups is 1. The average Bonchev–Trinajstić information content (AvgIpc) is 2.99. The molecule has 2 heterocycles. The van der Waals surface area contributed by atoms with Gasteiger partial charge in [-0.3, -0.25) is 4.79 Å². The SMILES string of the molecule is CC1(C)OB(c2ccc(OCc3ccccc3)c(C(=O)N3CCC(F)(F)CC3)c2)OC1(C)C. The van der Waals surface area contributed by atoms with Crippen molar-refractivity contribution in [2.24, 2.45) is 0 Å². The van der Waals surface area contributed by atoms with Crippen molar-refractivity contribution in [3.63, 3.8) is 0 Å². The summed E-state index contributed by atoms with van der Waals surface area (Å²) in [4.78, 5) is 14.9. The number of hydrogen-bond acceptors (Lipinski definition) is 4. The Morgan fingerprint density at radius 3 is 2.21 bits per heavy atom. The fourth-order valence-corrected chi connectivity index (χ4v) is 3.91. The van der Waals surface area contributed by atoms with Gasteiger partial charge in [0.25, 0.3) is 11.8 Å². The number of nitrogens with zero attached hydrogens (tertiary/aromatic N) is 1. The predicted molar refractivity (Wildman–Crippen MR) is 123 cm³/mol. The van der Waals surface area contributed by atoms with Crippen molar-refractivity contribution in [3.05, 3.63) is 59.7 Å². The highest BCUT2D eigenvalue weighted by molar-refractivity contribution is 6.62. The Bertz CT molecular complexity index is 987. The second-order valence-corrected chi connectivity index (χ2v) is 9.77. The number of rotatable bonds is 5. The number of alkyl halides is 2. The zero-order valence-electron chi connectivity index (χ0n) is 19.6. The lowest BCUT2D eigenvalue weighted by Crippen LogP contribution is -2.43. The van der Waals surface area contributed by atoms with E-state index < -0.39 is 24.2 Å². The summed E-state index contributed by atoms with van der Waals surface area (Å²) in [6.07, 6.45) is -0.675. The van der Waals surface area contributed by atoms with Crippen molar-refractivity contribution < 1.29 is 27.6 Å². The fourth-order valence-electron chi connectivity index (χ4n) is 3.91. The Hall–Kier alpha value is -2.45. The number of carbonyl (C=O) groups excluding carboxylic acids is 1. The maximum absolute atomic E-state index is 13.6. The number of piperidine rings is 1. The number of amides is 1. The van der Waals surface area contributed by atoms with Gasteiger partial charge in [-0.2, -0.15) is 0 Å². The van der Waals surface area contributed by atoms with Crippen molar-refractivity contribution in [3.8, 4) is 5.75 Å². The van der Waals surface area contributed by atoms with Gasteiger partial charge < -0.3 is 18.9 Å². The molecule has 2 aliphatic rings. The molecule has 0 N–H and O–H groups in total. The molecule has 2 saturated heterocycles. The maximum Gasteiger partial charge on any atom is 0.494 e. The topological polar surface area (TPSA) is 48.0 Å². The predicted octanol–water partition coefficient (Wildman–Crippen LogP) is 4.44. The van der Waals surface area contributed by atoms with Crippen LogP contribution in [0.15, 0.2) is 48.5 Å². The van der Waals surface area contributed by atoms with Gasteiger partial charge in [0.1, 0.15) is 12.4 Å². The molecule has 0 spiro atoms. The molecule has 1 amide bonds. The first-order chi connectivity index (χ1) is 15.5. The molecule has 2 fully saturated rings. The molecule has 0 aliphatic carbocycles. The molecule has 0 atom stereocenters. The summed E-state index contributed by atoms with van der Waals surface area (Å²) in [5.41, 5.74) is 0.921. The van der Waals surface area contributed by atoms with Gasteiger partial charge in [0.05, 0.1) is 16.8 Å². The molecule has 0 unspecified atom stereocenters. The zero-order valence-corrected chi connectivity index (χ0v) is 19.6. The van der Waals surface area contributed by atoms with Crippen molar-refractivity contribution in [1.29, 1.82) is 0 Å². The lowest BCUT2D eigenvalue weighted by Gasteiger charge is -2.32. The fraction of sp³-hybridized carbons (Fsp3) is 0.480. The number of halogens is 2. The Balaban J connectivity index is 1.61. The zero-order chi connectivity index (χ0) is 23.9. The summed E-state index contributed by atoms with van der Waals surface area (Å²) < 4.78 is 45.6. The molecule has 2 aromatic rings. The number of likely N-dealkylation sites (tertiary alicyclic amines) is 1. The van der Waals surface area contributed by atoms with E-state index in [4.69, 9.17) is 14.0 Å². The van der Waals surface area contributed by atoms with Crippen LogP contribution in [0.5, 0.6) is 5.75 Å². The van der Waals surface area contributed by atoms with E-state index in [1.54, 1.807) is 12.1 Å². The highest BCUT2D eigenvalue weighted by Crippen LogP contribution is 2.37. The molecular weight excluding hydrogens is 427 g/mol. The van der Waals surface area contributed by atoms with Gasteiger partial charge in [0.2, 0.25) is 0 Å². The van der Waals surface area contributed by atoms with E-state index in [9.17, 15) is 13.6 Å². The quantitative estimate of drug-likeness (QED) is 0.624. The van der Waals surface area contributed by atoms with E-state index in [2.05, 4.69) is 0 Å². The number of ether oxygens (including phenoxy) is 1. The van der Waals surface area contributed by atoms with Crippen LogP contribution >= 0.6 is 0 Å². The third-order valence-electron chi connectivity index (χ3n) is 6.78. The second kappa shape index (κ2) is 8.72. The van der Waals surface area contributed by atoms with E-state index in [1.165, 1.54) is 4.90 Å². The van der Waals surface area contributed by atoms with Gasteiger partial charge in [-0.15, -0.1) is 0 Å². The lowest BCUT2D eigenvalue weighted by molar-refractivity contribution is -0.0494. The van der Waals surface area contributed by atoms with Crippen molar-refractivity contribution in [1.82, 2.24) is 4.90 Å². The van der Waals surface area contributed by atoms with Gasteiger partial charge >= 0.3 is 7.12 Å². The van der Waals surface area contributed by atoms with Gasteiger partial charge in [-0.05, 0) is 50.9 Å². The molecule has 5 nitrogen and oxygen atoms in total. The lowest BCUT2D eigenvalue weighted by atomic mass is 9.78. The molecule has 0 saturated carbocycles. The summed E-state index contributed by atoms with van der Waals surface area (Å²) in [5.74, 6) is -2.65. The minimum absolute atomic E-state index is 0.00464. The molecule has 176 valence electrons. The summed E-state index contributed by atoms with van der Waals surface area (Å²) in [5, 5.41) is 0. The standard InChI is InChI=1S/C25H30BF2NO4/c1-23(2)24(3,4)33-26(32-23)19-10-11-21(31-17-18-8-6-5-7-9-18)20(16-19)22(30)29-14-12-25(27,28)13-15-29/h5-11,16H,12-15,17H2,1-4H3. The molecule has 2 aromatic carbocycles. The van der Waals surface area contributed by atoms with Crippen LogP contribution in [-0.4, -0.2) is 48.1 Å². The Kier molecular flexibility index (Phi) is 6.27. The molecule has 4 rings (SSSR count). The summed E-state index contributed by atoms with van der Waals surface area (Å²) in [7, 11) is -0.643. The summed E-state index contributed by atoms with van der Waals surface area (Å²) >= 11 is 0. The first-order valence-corrected chi connectivity index (χ1v) is 11.3. The van der Waals surface area contributed by atoms with E-state index in [0.717, 1.165) is 5.56 Å². The highest BCUT2D eigenvalue weighted by Gasteiger charge is 2.52. The average molecular weight is 457 g/mol. The number of hydrogen-bond donors (Lipinski definition) is 0. The smallest absolute Gasteiger partial charge is 0.488 e. The van der Waals surface area contributed by atoms with Crippen LogP contribution in [0, 0.1) is 0 Å². The van der Waals surface area contributed by atoms with E-state index in [-0.39, 0.29) is 38.4 Å². The van der Waals surface area contributed by atoms with Gasteiger partial charge in [-0.25, -0.2) is 8.78 Å².